The van der Waals surface area contributed by atoms with Gasteiger partial charge in [0.05, 0.1) is 0 Å². The molecule has 0 fully saturated rings. The second-order valence-corrected chi connectivity index (χ2v) is 4.70. The summed E-state index contributed by atoms with van der Waals surface area (Å²) in [5.74, 6) is -5.05. The number of esters is 2. The molecule has 8 nitrogen and oxygen atoms in total. The van der Waals surface area contributed by atoms with Crippen LogP contribution in [0.25, 0.3) is 0 Å². The average molecular weight is 318 g/mol. The molecule has 0 heterocycles. The summed E-state index contributed by atoms with van der Waals surface area (Å²) in [4.78, 5) is 45.2. The van der Waals surface area contributed by atoms with Crippen molar-refractivity contribution >= 4 is 23.9 Å². The number of carbonyl (C=O) groups is 4. The van der Waals surface area contributed by atoms with E-state index in [1.807, 2.05) is 13.8 Å². The maximum Gasteiger partial charge on any atom is 0.349 e. The number of ether oxygens (including phenoxy) is 2. The minimum Gasteiger partial charge on any atom is -0.478 e. The molecule has 2 atom stereocenters. The van der Waals surface area contributed by atoms with Gasteiger partial charge in [0.1, 0.15) is 0 Å². The van der Waals surface area contributed by atoms with Crippen LogP contribution in [0, 0.1) is 0 Å². The first-order valence-electron chi connectivity index (χ1n) is 7.18. The minimum atomic E-state index is -2.06. The molecule has 0 saturated carbocycles. The van der Waals surface area contributed by atoms with Crippen molar-refractivity contribution in [2.75, 3.05) is 0 Å². The SMILES string of the molecule is CCCCC(=O)OC(C(=O)O)C(OC(=O)CCCC)C(=O)O. The normalized spacial score (nSPS) is 13.0. The lowest BCUT2D eigenvalue weighted by Gasteiger charge is -2.20. The van der Waals surface area contributed by atoms with Crippen molar-refractivity contribution < 1.29 is 38.9 Å². The zero-order valence-corrected chi connectivity index (χ0v) is 12.7. The molecule has 0 aromatic rings. The van der Waals surface area contributed by atoms with Gasteiger partial charge in [0.15, 0.2) is 0 Å². The molecule has 2 unspecified atom stereocenters. The fourth-order valence-electron chi connectivity index (χ4n) is 1.53. The predicted octanol–water partition coefficient (Wildman–Crippen LogP) is 1.36. The molecule has 0 aromatic carbocycles. The van der Waals surface area contributed by atoms with Crippen molar-refractivity contribution in [3.05, 3.63) is 0 Å². The Hall–Kier alpha value is -2.12. The number of aliphatic carboxylic acids is 2. The third-order valence-corrected chi connectivity index (χ3v) is 2.75. The molecule has 0 aromatic heterocycles. The van der Waals surface area contributed by atoms with Crippen LogP contribution < -0.4 is 0 Å². The summed E-state index contributed by atoms with van der Waals surface area (Å²) in [6.45, 7) is 3.66. The number of hydrogen-bond donors (Lipinski definition) is 2. The van der Waals surface area contributed by atoms with Crippen LogP contribution in [0.3, 0.4) is 0 Å². The Balaban J connectivity index is 4.88. The zero-order chi connectivity index (χ0) is 17.1. The summed E-state index contributed by atoms with van der Waals surface area (Å²) in [6.07, 6.45) is -1.83. The van der Waals surface area contributed by atoms with Crippen LogP contribution >= 0.6 is 0 Å². The molecule has 2 N–H and O–H groups in total. The van der Waals surface area contributed by atoms with Crippen LogP contribution in [0.1, 0.15) is 52.4 Å². The van der Waals surface area contributed by atoms with Crippen molar-refractivity contribution in [3.8, 4) is 0 Å². The lowest BCUT2D eigenvalue weighted by Crippen LogP contribution is -2.45. The number of unbranched alkanes of at least 4 members (excludes halogenated alkanes) is 2. The van der Waals surface area contributed by atoms with Crippen molar-refractivity contribution in [3.63, 3.8) is 0 Å². The van der Waals surface area contributed by atoms with E-state index in [1.54, 1.807) is 0 Å². The summed E-state index contributed by atoms with van der Waals surface area (Å²) in [6, 6.07) is 0. The summed E-state index contributed by atoms with van der Waals surface area (Å²) >= 11 is 0. The van der Waals surface area contributed by atoms with Gasteiger partial charge in [-0.1, -0.05) is 26.7 Å². The Morgan fingerprint density at radius 2 is 1.09 bits per heavy atom. The van der Waals surface area contributed by atoms with Gasteiger partial charge >= 0.3 is 23.9 Å². The van der Waals surface area contributed by atoms with Crippen LogP contribution in [-0.4, -0.2) is 46.3 Å². The van der Waals surface area contributed by atoms with Crippen molar-refractivity contribution in [1.82, 2.24) is 0 Å². The van der Waals surface area contributed by atoms with Gasteiger partial charge < -0.3 is 19.7 Å². The largest absolute Gasteiger partial charge is 0.478 e. The van der Waals surface area contributed by atoms with E-state index in [1.165, 1.54) is 0 Å². The predicted molar refractivity (Wildman–Crippen MR) is 74.1 cm³/mol. The van der Waals surface area contributed by atoms with Crippen molar-refractivity contribution in [2.24, 2.45) is 0 Å². The third-order valence-electron chi connectivity index (χ3n) is 2.75. The molecule has 0 bridgehead atoms. The van der Waals surface area contributed by atoms with Crippen LogP contribution in [0.2, 0.25) is 0 Å². The fourth-order valence-corrected chi connectivity index (χ4v) is 1.53. The van der Waals surface area contributed by atoms with Gasteiger partial charge in [-0.05, 0) is 12.8 Å². The first-order valence-corrected chi connectivity index (χ1v) is 7.18. The highest BCUT2D eigenvalue weighted by Crippen LogP contribution is 2.11. The number of carbonyl (C=O) groups excluding carboxylic acids is 2. The summed E-state index contributed by atoms with van der Waals surface area (Å²) < 4.78 is 9.29. The molecule has 0 aliphatic heterocycles. The number of rotatable bonds is 11. The maximum atomic E-state index is 11.5. The van der Waals surface area contributed by atoms with E-state index >= 15 is 0 Å². The lowest BCUT2D eigenvalue weighted by molar-refractivity contribution is -0.187. The van der Waals surface area contributed by atoms with Crippen molar-refractivity contribution in [2.45, 2.75) is 64.6 Å². The molecule has 0 rings (SSSR count). The van der Waals surface area contributed by atoms with E-state index in [0.717, 1.165) is 0 Å². The summed E-state index contributed by atoms with van der Waals surface area (Å²) in [5.41, 5.74) is 0. The van der Waals surface area contributed by atoms with E-state index in [-0.39, 0.29) is 12.8 Å². The first kappa shape index (κ1) is 19.9. The van der Waals surface area contributed by atoms with Crippen molar-refractivity contribution in [1.29, 1.82) is 0 Å². The van der Waals surface area contributed by atoms with Gasteiger partial charge in [-0.15, -0.1) is 0 Å². The molecule has 0 spiro atoms. The van der Waals surface area contributed by atoms with Gasteiger partial charge in [-0.3, -0.25) is 9.59 Å². The average Bonchev–Trinajstić information content (AvgIpc) is 2.45. The van der Waals surface area contributed by atoms with Crippen LogP contribution in [-0.2, 0) is 28.7 Å². The van der Waals surface area contributed by atoms with Gasteiger partial charge in [0.2, 0.25) is 12.2 Å². The Kier molecular flexibility index (Phi) is 9.56. The van der Waals surface area contributed by atoms with E-state index in [9.17, 15) is 19.2 Å². The summed E-state index contributed by atoms with van der Waals surface area (Å²) in [5, 5.41) is 18.0. The lowest BCUT2D eigenvalue weighted by atomic mass is 10.2. The highest BCUT2D eigenvalue weighted by Gasteiger charge is 2.40. The third kappa shape index (κ3) is 7.61. The van der Waals surface area contributed by atoms with Gasteiger partial charge in [0.25, 0.3) is 0 Å². The molecule has 0 amide bonds. The molecule has 0 radical (unpaired) electrons. The van der Waals surface area contributed by atoms with Crippen LogP contribution in [0.5, 0.6) is 0 Å². The van der Waals surface area contributed by atoms with E-state index in [4.69, 9.17) is 10.2 Å². The quantitative estimate of drug-likeness (QED) is 0.547. The van der Waals surface area contributed by atoms with Gasteiger partial charge in [-0.2, -0.15) is 0 Å². The number of carboxylic acids is 2. The first-order chi connectivity index (χ1) is 10.3. The number of hydrogen-bond acceptors (Lipinski definition) is 6. The topological polar surface area (TPSA) is 127 Å². The van der Waals surface area contributed by atoms with E-state index in [2.05, 4.69) is 9.47 Å². The summed E-state index contributed by atoms with van der Waals surface area (Å²) in [7, 11) is 0. The molecule has 22 heavy (non-hydrogen) atoms. The fraction of sp³-hybridized carbons (Fsp3) is 0.714. The smallest absolute Gasteiger partial charge is 0.349 e. The Morgan fingerprint density at radius 3 is 1.32 bits per heavy atom. The van der Waals surface area contributed by atoms with Gasteiger partial charge in [-0.25, -0.2) is 9.59 Å². The molecule has 0 saturated heterocycles. The van der Waals surface area contributed by atoms with Crippen LogP contribution in [0.15, 0.2) is 0 Å². The van der Waals surface area contributed by atoms with E-state index in [0.29, 0.717) is 25.7 Å². The molecule has 8 heteroatoms. The molecule has 0 aliphatic carbocycles. The highest BCUT2D eigenvalue weighted by atomic mass is 16.6. The maximum absolute atomic E-state index is 11.5. The minimum absolute atomic E-state index is 0.0313. The van der Waals surface area contributed by atoms with Gasteiger partial charge in [0, 0.05) is 12.8 Å². The Labute approximate surface area is 128 Å². The Morgan fingerprint density at radius 1 is 0.773 bits per heavy atom. The second kappa shape index (κ2) is 10.6. The van der Waals surface area contributed by atoms with E-state index < -0.39 is 36.1 Å². The monoisotopic (exact) mass is 318 g/mol. The van der Waals surface area contributed by atoms with Crippen LogP contribution in [0.4, 0.5) is 0 Å². The molecular weight excluding hydrogens is 296 g/mol. The second-order valence-electron chi connectivity index (χ2n) is 4.70. The molecule has 0 aliphatic rings. The Bertz CT molecular complexity index is 366. The molecular formula is C14H22O8. The standard InChI is InChI=1S/C14H22O8/c1-3-5-7-9(15)21-11(13(17)18)12(14(19)20)22-10(16)8-6-4-2/h11-12H,3-8H2,1-2H3,(H,17,18)(H,19,20). The molecule has 126 valence electrons. The highest BCUT2D eigenvalue weighted by molar-refractivity contribution is 5.87. The number of carboxylic acid groups (broad SMARTS) is 2. The zero-order valence-electron chi connectivity index (χ0n) is 12.7.